The van der Waals surface area contributed by atoms with Crippen LogP contribution in [0.4, 0.5) is 0 Å². The molecule has 20 heavy (non-hydrogen) atoms. The monoisotopic (exact) mass is 280 g/mol. The summed E-state index contributed by atoms with van der Waals surface area (Å²) in [6.45, 7) is 0.574. The zero-order valence-electron chi connectivity index (χ0n) is 11.2. The van der Waals surface area contributed by atoms with E-state index in [1.54, 1.807) is 0 Å². The van der Waals surface area contributed by atoms with Gasteiger partial charge in [0.1, 0.15) is 0 Å². The van der Waals surface area contributed by atoms with Crippen molar-refractivity contribution >= 4 is 27.7 Å². The Morgan fingerprint density at radius 3 is 3.05 bits per heavy atom. The molecule has 0 aliphatic carbocycles. The van der Waals surface area contributed by atoms with Crippen LogP contribution in [-0.4, -0.2) is 23.5 Å². The highest BCUT2D eigenvalue weighted by Gasteiger charge is 2.36. The van der Waals surface area contributed by atoms with Crippen LogP contribution in [0, 0.1) is 11.3 Å². The minimum absolute atomic E-state index is 0.476. The molecule has 0 radical (unpaired) electrons. The summed E-state index contributed by atoms with van der Waals surface area (Å²) >= 11 is 1.86. The quantitative estimate of drug-likeness (QED) is 0.776. The second kappa shape index (κ2) is 4.73. The van der Waals surface area contributed by atoms with E-state index in [1.807, 2.05) is 11.3 Å². The molecule has 1 aromatic heterocycles. The fraction of sp³-hybridized carbons (Fsp3) is 0.353. The molecule has 1 aromatic carbocycles. The number of rotatable bonds is 2. The average Bonchev–Trinajstić information content (AvgIpc) is 2.98. The van der Waals surface area contributed by atoms with Crippen molar-refractivity contribution in [1.29, 1.82) is 5.26 Å². The first-order valence-electron chi connectivity index (χ1n) is 7.17. The van der Waals surface area contributed by atoms with E-state index in [-0.39, 0.29) is 0 Å². The van der Waals surface area contributed by atoms with Gasteiger partial charge in [-0.15, -0.1) is 11.3 Å². The van der Waals surface area contributed by atoms with Crippen LogP contribution in [0.2, 0.25) is 0 Å². The third-order valence-electron chi connectivity index (χ3n) is 4.59. The molecule has 0 N–H and O–H groups in total. The smallest absolute Gasteiger partial charge is 0.0873 e. The normalized spacial score (nSPS) is 25.6. The molecule has 2 nitrogen and oxygen atoms in total. The molecule has 3 heterocycles. The third kappa shape index (κ3) is 1.80. The third-order valence-corrected chi connectivity index (χ3v) is 5.68. The molecule has 2 aromatic rings. The molecule has 4 rings (SSSR count). The van der Waals surface area contributed by atoms with E-state index in [9.17, 15) is 0 Å². The lowest BCUT2D eigenvalue weighted by Crippen LogP contribution is -2.38. The maximum atomic E-state index is 8.96. The number of nitriles is 1. The van der Waals surface area contributed by atoms with Gasteiger partial charge in [-0.25, -0.2) is 0 Å². The summed E-state index contributed by atoms with van der Waals surface area (Å²) in [5, 5.41) is 14.0. The lowest BCUT2D eigenvalue weighted by atomic mass is 9.98. The summed E-state index contributed by atoms with van der Waals surface area (Å²) in [5.74, 6) is 0. The first kappa shape index (κ1) is 12.1. The van der Waals surface area contributed by atoms with Gasteiger partial charge in [0.25, 0.3) is 0 Å². The van der Waals surface area contributed by atoms with Crippen LogP contribution < -0.4 is 0 Å². The van der Waals surface area contributed by atoms with Gasteiger partial charge in [0.05, 0.1) is 12.6 Å². The molecular formula is C17H16N2S. The van der Waals surface area contributed by atoms with E-state index in [4.69, 9.17) is 5.26 Å². The first-order chi connectivity index (χ1) is 9.86. The number of thiophene rings is 1. The zero-order chi connectivity index (χ0) is 13.5. The summed E-state index contributed by atoms with van der Waals surface area (Å²) in [7, 11) is 0. The highest BCUT2D eigenvalue weighted by molar-refractivity contribution is 7.12. The van der Waals surface area contributed by atoms with Crippen molar-refractivity contribution in [2.75, 3.05) is 6.54 Å². The maximum absolute atomic E-state index is 8.96. The predicted molar refractivity (Wildman–Crippen MR) is 83.5 cm³/mol. The van der Waals surface area contributed by atoms with E-state index in [2.05, 4.69) is 46.7 Å². The molecule has 1 saturated heterocycles. The van der Waals surface area contributed by atoms with E-state index >= 15 is 0 Å². The lowest BCUT2D eigenvalue weighted by Gasteiger charge is -2.31. The Bertz CT molecular complexity index is 722. The van der Waals surface area contributed by atoms with Gasteiger partial charge in [-0.05, 0) is 41.0 Å². The summed E-state index contributed by atoms with van der Waals surface area (Å²) in [5.41, 5.74) is 1.50. The van der Waals surface area contributed by atoms with Crippen LogP contribution in [0.15, 0.2) is 35.7 Å². The Kier molecular flexibility index (Phi) is 2.87. The SMILES string of the molecule is N#CCN1C2C=C(c3scc4ccccc34)CC1CC2. The zero-order valence-corrected chi connectivity index (χ0v) is 12.1. The van der Waals surface area contributed by atoms with Crippen molar-refractivity contribution < 1.29 is 0 Å². The number of benzene rings is 1. The van der Waals surface area contributed by atoms with Gasteiger partial charge in [-0.3, -0.25) is 4.90 Å². The van der Waals surface area contributed by atoms with Crippen molar-refractivity contribution in [3.63, 3.8) is 0 Å². The summed E-state index contributed by atoms with van der Waals surface area (Å²) in [6, 6.07) is 12.0. The topological polar surface area (TPSA) is 27.0 Å². The summed E-state index contributed by atoms with van der Waals surface area (Å²) < 4.78 is 0. The standard InChI is InChI=1S/C17H16N2S/c18-7-8-19-14-5-6-15(19)10-13(9-14)17-16-4-2-1-3-12(16)11-20-17/h1-4,9,11,14-15H,5-6,8,10H2. The van der Waals surface area contributed by atoms with Gasteiger partial charge in [0, 0.05) is 17.0 Å². The van der Waals surface area contributed by atoms with Crippen molar-refractivity contribution in [3.05, 3.63) is 40.6 Å². The van der Waals surface area contributed by atoms with Crippen molar-refractivity contribution in [2.45, 2.75) is 31.3 Å². The second-order valence-electron chi connectivity index (χ2n) is 5.68. The summed E-state index contributed by atoms with van der Waals surface area (Å²) in [4.78, 5) is 3.81. The fourth-order valence-electron chi connectivity index (χ4n) is 3.66. The van der Waals surface area contributed by atoms with E-state index in [0.717, 1.165) is 6.42 Å². The first-order valence-corrected chi connectivity index (χ1v) is 8.05. The van der Waals surface area contributed by atoms with Crippen molar-refractivity contribution in [1.82, 2.24) is 4.90 Å². The number of nitrogens with zero attached hydrogens (tertiary/aromatic N) is 2. The van der Waals surface area contributed by atoms with Gasteiger partial charge >= 0.3 is 0 Å². The molecule has 100 valence electrons. The predicted octanol–water partition coefficient (Wildman–Crippen LogP) is 4.04. The Morgan fingerprint density at radius 2 is 2.20 bits per heavy atom. The highest BCUT2D eigenvalue weighted by atomic mass is 32.1. The molecule has 0 amide bonds. The van der Waals surface area contributed by atoms with Gasteiger partial charge in [0.2, 0.25) is 0 Å². The molecule has 2 atom stereocenters. The largest absolute Gasteiger partial charge is 0.281 e. The molecule has 2 aliphatic rings. The van der Waals surface area contributed by atoms with E-state index in [1.165, 1.54) is 34.1 Å². The molecule has 0 saturated carbocycles. The molecule has 1 fully saturated rings. The number of hydrogen-bond donors (Lipinski definition) is 0. The molecule has 0 spiro atoms. The Balaban J connectivity index is 1.74. The van der Waals surface area contributed by atoms with Crippen LogP contribution in [0.1, 0.15) is 24.1 Å². The second-order valence-corrected chi connectivity index (χ2v) is 6.56. The van der Waals surface area contributed by atoms with Gasteiger partial charge in [-0.2, -0.15) is 5.26 Å². The molecule has 2 bridgehead atoms. The van der Waals surface area contributed by atoms with Crippen LogP contribution in [-0.2, 0) is 0 Å². The highest BCUT2D eigenvalue weighted by Crippen LogP contribution is 2.42. The molecular weight excluding hydrogens is 264 g/mol. The van der Waals surface area contributed by atoms with Gasteiger partial charge in [0.15, 0.2) is 0 Å². The molecule has 2 unspecified atom stereocenters. The van der Waals surface area contributed by atoms with Crippen LogP contribution in [0.25, 0.3) is 16.3 Å². The lowest BCUT2D eigenvalue weighted by molar-refractivity contribution is 0.239. The minimum Gasteiger partial charge on any atom is -0.281 e. The van der Waals surface area contributed by atoms with Crippen LogP contribution in [0.3, 0.4) is 0 Å². The minimum atomic E-state index is 0.476. The van der Waals surface area contributed by atoms with Crippen molar-refractivity contribution in [2.24, 2.45) is 0 Å². The van der Waals surface area contributed by atoms with E-state index in [0.29, 0.717) is 18.6 Å². The van der Waals surface area contributed by atoms with Gasteiger partial charge < -0.3 is 0 Å². The summed E-state index contributed by atoms with van der Waals surface area (Å²) in [6.07, 6.45) is 5.95. The number of hydrogen-bond acceptors (Lipinski definition) is 3. The Labute approximate surface area is 122 Å². The van der Waals surface area contributed by atoms with Crippen LogP contribution >= 0.6 is 11.3 Å². The molecule has 2 aliphatic heterocycles. The average molecular weight is 280 g/mol. The number of fused-ring (bicyclic) bond motifs is 3. The Morgan fingerprint density at radius 1 is 1.30 bits per heavy atom. The van der Waals surface area contributed by atoms with Crippen molar-refractivity contribution in [3.8, 4) is 6.07 Å². The fourth-order valence-corrected chi connectivity index (χ4v) is 4.72. The van der Waals surface area contributed by atoms with Gasteiger partial charge in [-0.1, -0.05) is 30.3 Å². The molecule has 3 heteroatoms. The maximum Gasteiger partial charge on any atom is 0.0873 e. The van der Waals surface area contributed by atoms with E-state index < -0.39 is 0 Å². The van der Waals surface area contributed by atoms with Crippen LogP contribution in [0.5, 0.6) is 0 Å². The Hall–Kier alpha value is -1.63.